The number of thiazole rings is 1. The number of carbonyl (C=O) groups is 1. The number of nitrogens with zero attached hydrogens (tertiary/aromatic N) is 4. The number of pyridine rings is 1. The number of benzene rings is 1. The van der Waals surface area contributed by atoms with Crippen molar-refractivity contribution in [3.8, 4) is 16.3 Å². The van der Waals surface area contributed by atoms with Gasteiger partial charge in [-0.3, -0.25) is 4.79 Å². The van der Waals surface area contributed by atoms with E-state index in [9.17, 15) is 4.79 Å². The fraction of sp³-hybridized carbons (Fsp3) is 0.250. The average Bonchev–Trinajstić information content (AvgIpc) is 3.24. The summed E-state index contributed by atoms with van der Waals surface area (Å²) in [7, 11) is 1.64. The number of aromatic nitrogens is 2. The van der Waals surface area contributed by atoms with Gasteiger partial charge in [-0.1, -0.05) is 0 Å². The van der Waals surface area contributed by atoms with Gasteiger partial charge in [0.2, 0.25) is 0 Å². The van der Waals surface area contributed by atoms with Crippen molar-refractivity contribution in [1.29, 1.82) is 0 Å². The zero-order chi connectivity index (χ0) is 19.5. The van der Waals surface area contributed by atoms with Gasteiger partial charge in [-0.25, -0.2) is 9.97 Å². The topological polar surface area (TPSA) is 58.6 Å². The van der Waals surface area contributed by atoms with Gasteiger partial charge < -0.3 is 14.5 Å². The zero-order valence-electron chi connectivity index (χ0n) is 15.3. The minimum Gasteiger partial charge on any atom is -0.497 e. The van der Waals surface area contributed by atoms with Crippen molar-refractivity contribution in [1.82, 2.24) is 14.9 Å². The molecule has 0 spiro atoms. The number of hydrogen-bond acceptors (Lipinski definition) is 6. The molecule has 1 amide bonds. The molecule has 4 rings (SSSR count). The Morgan fingerprint density at radius 2 is 1.86 bits per heavy atom. The van der Waals surface area contributed by atoms with Crippen LogP contribution in [-0.2, 0) is 0 Å². The second-order valence-electron chi connectivity index (χ2n) is 6.38. The van der Waals surface area contributed by atoms with E-state index in [2.05, 4.69) is 30.8 Å². The van der Waals surface area contributed by atoms with Crippen molar-refractivity contribution >= 4 is 39.0 Å². The Hall–Kier alpha value is -2.45. The molecule has 0 aliphatic carbocycles. The molecule has 28 heavy (non-hydrogen) atoms. The minimum absolute atomic E-state index is 0.0144. The molecule has 144 valence electrons. The van der Waals surface area contributed by atoms with E-state index in [0.717, 1.165) is 39.7 Å². The van der Waals surface area contributed by atoms with Gasteiger partial charge in [0.15, 0.2) is 0 Å². The lowest BCUT2D eigenvalue weighted by atomic mass is 10.2. The third-order valence-electron chi connectivity index (χ3n) is 4.66. The molecule has 1 saturated heterocycles. The zero-order valence-corrected chi connectivity index (χ0v) is 17.7. The lowest BCUT2D eigenvalue weighted by molar-refractivity contribution is 0.0741. The highest BCUT2D eigenvalue weighted by Crippen LogP contribution is 2.26. The van der Waals surface area contributed by atoms with E-state index in [0.29, 0.717) is 18.8 Å². The molecular weight excluding hydrogens is 440 g/mol. The van der Waals surface area contributed by atoms with E-state index in [4.69, 9.17) is 4.74 Å². The first-order valence-electron chi connectivity index (χ1n) is 8.90. The number of amides is 1. The Morgan fingerprint density at radius 1 is 1.11 bits per heavy atom. The number of hydrogen-bond donors (Lipinski definition) is 0. The average molecular weight is 459 g/mol. The molecule has 1 aliphatic rings. The van der Waals surface area contributed by atoms with E-state index in [1.807, 2.05) is 46.7 Å². The summed E-state index contributed by atoms with van der Waals surface area (Å²) in [6.45, 7) is 2.84. The van der Waals surface area contributed by atoms with Crippen molar-refractivity contribution < 1.29 is 9.53 Å². The van der Waals surface area contributed by atoms with Crippen LogP contribution >= 0.6 is 27.3 Å². The number of piperazine rings is 1. The third kappa shape index (κ3) is 4.02. The first kappa shape index (κ1) is 18.9. The smallest absolute Gasteiger partial charge is 0.273 e. The van der Waals surface area contributed by atoms with Crippen molar-refractivity contribution in [2.24, 2.45) is 0 Å². The van der Waals surface area contributed by atoms with Gasteiger partial charge in [-0.2, -0.15) is 0 Å². The minimum atomic E-state index is -0.0144. The molecule has 0 saturated carbocycles. The molecule has 8 heteroatoms. The van der Waals surface area contributed by atoms with Crippen LogP contribution in [0, 0.1) is 0 Å². The van der Waals surface area contributed by atoms with Crippen molar-refractivity contribution in [2.45, 2.75) is 0 Å². The van der Waals surface area contributed by atoms with E-state index >= 15 is 0 Å². The van der Waals surface area contributed by atoms with Gasteiger partial charge in [0, 0.05) is 47.8 Å². The molecule has 1 aromatic carbocycles. The maximum atomic E-state index is 12.8. The van der Waals surface area contributed by atoms with Crippen LogP contribution in [0.3, 0.4) is 0 Å². The maximum absolute atomic E-state index is 12.8. The van der Waals surface area contributed by atoms with Gasteiger partial charge in [-0.05, 0) is 52.3 Å². The number of anilines is 1. The monoisotopic (exact) mass is 458 g/mol. The molecule has 0 bridgehead atoms. The summed E-state index contributed by atoms with van der Waals surface area (Å²) in [5.41, 5.74) is 1.49. The quantitative estimate of drug-likeness (QED) is 0.592. The third-order valence-corrected chi connectivity index (χ3v) is 6.02. The van der Waals surface area contributed by atoms with Crippen LogP contribution in [0.1, 0.15) is 10.5 Å². The normalized spacial score (nSPS) is 14.2. The van der Waals surface area contributed by atoms with Crippen molar-refractivity contribution in [3.63, 3.8) is 0 Å². The van der Waals surface area contributed by atoms with Crippen LogP contribution in [0.5, 0.6) is 5.75 Å². The highest BCUT2D eigenvalue weighted by molar-refractivity contribution is 9.10. The molecule has 6 nitrogen and oxygen atoms in total. The summed E-state index contributed by atoms with van der Waals surface area (Å²) in [4.78, 5) is 25.9. The summed E-state index contributed by atoms with van der Waals surface area (Å²) >= 11 is 4.89. The maximum Gasteiger partial charge on any atom is 0.273 e. The first-order valence-corrected chi connectivity index (χ1v) is 10.6. The summed E-state index contributed by atoms with van der Waals surface area (Å²) in [6, 6.07) is 11.7. The van der Waals surface area contributed by atoms with Crippen LogP contribution in [0.2, 0.25) is 0 Å². The highest BCUT2D eigenvalue weighted by Gasteiger charge is 2.24. The predicted octanol–water partition coefficient (Wildman–Crippen LogP) is 3.94. The molecule has 1 aliphatic heterocycles. The fourth-order valence-electron chi connectivity index (χ4n) is 3.09. The lowest BCUT2D eigenvalue weighted by Gasteiger charge is -2.35. The van der Waals surface area contributed by atoms with Crippen LogP contribution < -0.4 is 9.64 Å². The van der Waals surface area contributed by atoms with Crippen LogP contribution in [0.25, 0.3) is 10.6 Å². The standard InChI is InChI=1S/C20H19BrN4O2S/c1-27-16-5-2-14(3-6-16)19-23-17(13-28-19)20(26)25-10-8-24(9-11-25)18-7-4-15(21)12-22-18/h2-7,12-13H,8-11H2,1H3. The van der Waals surface area contributed by atoms with Crippen molar-refractivity contribution in [2.75, 3.05) is 38.2 Å². The van der Waals surface area contributed by atoms with E-state index in [-0.39, 0.29) is 5.91 Å². The number of halogens is 1. The molecule has 1 fully saturated rings. The Kier molecular flexibility index (Phi) is 5.59. The summed E-state index contributed by atoms with van der Waals surface area (Å²) in [6.07, 6.45) is 1.79. The van der Waals surface area contributed by atoms with Gasteiger partial charge in [-0.15, -0.1) is 11.3 Å². The Balaban J connectivity index is 1.40. The molecular formula is C20H19BrN4O2S. The van der Waals surface area contributed by atoms with Gasteiger partial charge >= 0.3 is 0 Å². The number of methoxy groups -OCH3 is 1. The largest absolute Gasteiger partial charge is 0.497 e. The van der Waals surface area contributed by atoms with E-state index in [1.165, 1.54) is 11.3 Å². The molecule has 0 unspecified atom stereocenters. The predicted molar refractivity (Wildman–Crippen MR) is 114 cm³/mol. The van der Waals surface area contributed by atoms with Gasteiger partial charge in [0.05, 0.1) is 7.11 Å². The summed E-state index contributed by atoms with van der Waals surface area (Å²) < 4.78 is 6.15. The second kappa shape index (κ2) is 8.28. The van der Waals surface area contributed by atoms with Gasteiger partial charge in [0.25, 0.3) is 5.91 Å². The second-order valence-corrected chi connectivity index (χ2v) is 8.15. The van der Waals surface area contributed by atoms with Crippen LogP contribution in [0.4, 0.5) is 5.82 Å². The van der Waals surface area contributed by atoms with E-state index in [1.54, 1.807) is 13.3 Å². The van der Waals surface area contributed by atoms with Crippen LogP contribution in [-0.4, -0.2) is 54.1 Å². The molecule has 3 heterocycles. The van der Waals surface area contributed by atoms with E-state index < -0.39 is 0 Å². The Bertz CT molecular complexity index is 951. The lowest BCUT2D eigenvalue weighted by Crippen LogP contribution is -2.49. The SMILES string of the molecule is COc1ccc(-c2nc(C(=O)N3CCN(c4ccc(Br)cn4)CC3)cs2)cc1. The number of carbonyl (C=O) groups excluding carboxylic acids is 1. The molecule has 3 aromatic rings. The summed E-state index contributed by atoms with van der Waals surface area (Å²) in [5.74, 6) is 1.72. The molecule has 2 aromatic heterocycles. The summed E-state index contributed by atoms with van der Waals surface area (Å²) in [5, 5.41) is 2.67. The molecule has 0 N–H and O–H groups in total. The Morgan fingerprint density at radius 3 is 2.50 bits per heavy atom. The Labute approximate surface area is 175 Å². The number of rotatable bonds is 4. The highest BCUT2D eigenvalue weighted by atomic mass is 79.9. The molecule has 0 atom stereocenters. The van der Waals surface area contributed by atoms with Crippen LogP contribution in [0.15, 0.2) is 52.4 Å². The number of ether oxygens (including phenoxy) is 1. The van der Waals surface area contributed by atoms with Crippen molar-refractivity contribution in [3.05, 3.63) is 58.1 Å². The fourth-order valence-corrected chi connectivity index (χ4v) is 4.13. The first-order chi connectivity index (χ1) is 13.6. The van der Waals surface area contributed by atoms with Gasteiger partial charge in [0.1, 0.15) is 22.3 Å². The molecule has 0 radical (unpaired) electrons.